The second kappa shape index (κ2) is 9.01. The molecule has 0 aliphatic heterocycles. The molecule has 0 unspecified atom stereocenters. The first-order valence-corrected chi connectivity index (χ1v) is 9.30. The number of H-pyrrole nitrogens is 1. The van der Waals surface area contributed by atoms with Gasteiger partial charge in [-0.3, -0.25) is 9.59 Å². The summed E-state index contributed by atoms with van der Waals surface area (Å²) in [4.78, 5) is 40.0. The number of rotatable bonds is 7. The van der Waals surface area contributed by atoms with Crippen LogP contribution in [0.4, 0.5) is 0 Å². The van der Waals surface area contributed by atoms with Crippen LogP contribution in [0.2, 0.25) is 0 Å². The van der Waals surface area contributed by atoms with E-state index in [1.807, 2.05) is 54.6 Å². The lowest BCUT2D eigenvalue weighted by molar-refractivity contribution is -0.149. The van der Waals surface area contributed by atoms with Crippen LogP contribution in [0.1, 0.15) is 29.8 Å². The Bertz CT molecular complexity index is 1050. The van der Waals surface area contributed by atoms with E-state index >= 15 is 0 Å². The maximum absolute atomic E-state index is 12.7. The molecule has 0 fully saturated rings. The van der Waals surface area contributed by atoms with Crippen molar-refractivity contribution >= 4 is 34.6 Å². The summed E-state index contributed by atoms with van der Waals surface area (Å²) >= 11 is 0. The summed E-state index contributed by atoms with van der Waals surface area (Å²) in [5.74, 6) is -1.40. The quantitative estimate of drug-likeness (QED) is 0.367. The maximum Gasteiger partial charge on any atom is 0.329 e. The van der Waals surface area contributed by atoms with Crippen molar-refractivity contribution in [2.45, 2.75) is 26.0 Å². The molecule has 2 N–H and O–H groups in total. The third-order valence-corrected chi connectivity index (χ3v) is 4.46. The predicted octanol–water partition coefficient (Wildman–Crippen LogP) is 3.50. The first-order chi connectivity index (χ1) is 14.0. The molecule has 148 valence electrons. The zero-order valence-electron chi connectivity index (χ0n) is 16.2. The Kier molecular flexibility index (Phi) is 6.24. The van der Waals surface area contributed by atoms with Gasteiger partial charge in [-0.05, 0) is 31.6 Å². The molecule has 0 aliphatic carbocycles. The van der Waals surface area contributed by atoms with Crippen LogP contribution in [0.3, 0.4) is 0 Å². The number of hydrogen-bond acceptors (Lipinski definition) is 4. The number of Topliss-reactive ketones (excluding diaryl/α,β-unsaturated/α-hetero) is 1. The molecule has 0 saturated heterocycles. The van der Waals surface area contributed by atoms with Crippen LogP contribution in [0.15, 0.2) is 66.9 Å². The minimum absolute atomic E-state index is 0.307. The van der Waals surface area contributed by atoms with Crippen molar-refractivity contribution in [1.82, 2.24) is 10.3 Å². The van der Waals surface area contributed by atoms with E-state index in [1.165, 1.54) is 19.9 Å². The van der Waals surface area contributed by atoms with Crippen LogP contribution in [-0.2, 0) is 14.3 Å². The highest BCUT2D eigenvalue weighted by Gasteiger charge is 2.25. The van der Waals surface area contributed by atoms with E-state index in [0.717, 1.165) is 16.5 Å². The Morgan fingerprint density at radius 1 is 1.00 bits per heavy atom. The van der Waals surface area contributed by atoms with Crippen LogP contribution >= 0.6 is 0 Å². The molecule has 2 aromatic carbocycles. The molecule has 1 aromatic heterocycles. The molecular weight excluding hydrogens is 368 g/mol. The van der Waals surface area contributed by atoms with E-state index in [-0.39, 0.29) is 5.78 Å². The summed E-state index contributed by atoms with van der Waals surface area (Å²) in [7, 11) is 0. The molecule has 6 heteroatoms. The third kappa shape index (κ3) is 4.99. The van der Waals surface area contributed by atoms with Crippen LogP contribution in [0.25, 0.3) is 17.0 Å². The Hall–Kier alpha value is -3.67. The summed E-state index contributed by atoms with van der Waals surface area (Å²) in [6.07, 6.45) is 3.63. The zero-order valence-corrected chi connectivity index (χ0v) is 16.2. The molecule has 2 atom stereocenters. The smallest absolute Gasteiger partial charge is 0.329 e. The van der Waals surface area contributed by atoms with Gasteiger partial charge in [0.05, 0.1) is 0 Å². The number of carbonyl (C=O) groups excluding carboxylic acids is 3. The minimum Gasteiger partial charge on any atom is -0.453 e. The zero-order chi connectivity index (χ0) is 20.8. The lowest BCUT2D eigenvalue weighted by Crippen LogP contribution is -2.41. The second-order valence-corrected chi connectivity index (χ2v) is 6.67. The molecule has 6 nitrogen and oxygen atoms in total. The summed E-state index contributed by atoms with van der Waals surface area (Å²) in [6.45, 7) is 3.03. The van der Waals surface area contributed by atoms with E-state index in [9.17, 15) is 14.4 Å². The van der Waals surface area contributed by atoms with E-state index < -0.39 is 24.0 Å². The first-order valence-electron chi connectivity index (χ1n) is 9.30. The number of carbonyl (C=O) groups is 3. The van der Waals surface area contributed by atoms with Crippen molar-refractivity contribution in [3.8, 4) is 0 Å². The second-order valence-electron chi connectivity index (χ2n) is 6.67. The maximum atomic E-state index is 12.7. The highest BCUT2D eigenvalue weighted by molar-refractivity contribution is 6.10. The number of ketones is 1. The minimum atomic E-state index is -0.971. The fourth-order valence-electron chi connectivity index (χ4n) is 2.88. The van der Waals surface area contributed by atoms with Crippen molar-refractivity contribution in [3.63, 3.8) is 0 Å². The number of ether oxygens (including phenoxy) is 1. The van der Waals surface area contributed by atoms with Crippen LogP contribution in [0.5, 0.6) is 0 Å². The van der Waals surface area contributed by atoms with Gasteiger partial charge in [0.2, 0.25) is 11.7 Å². The lowest BCUT2D eigenvalue weighted by atomic mass is 10.1. The molecule has 1 amide bonds. The summed E-state index contributed by atoms with van der Waals surface area (Å²) in [5, 5.41) is 3.31. The average molecular weight is 390 g/mol. The number of aromatic nitrogens is 1. The number of amides is 1. The van der Waals surface area contributed by atoms with Crippen LogP contribution < -0.4 is 5.32 Å². The van der Waals surface area contributed by atoms with Gasteiger partial charge in [0.1, 0.15) is 6.04 Å². The SMILES string of the molecule is C[C@H](NC(=O)/C=C/c1ccccc1)C(=O)O[C@@H](C)C(=O)c1c[nH]c2ccccc12. The van der Waals surface area contributed by atoms with Gasteiger partial charge in [-0.15, -0.1) is 0 Å². The number of para-hydroxylation sites is 1. The van der Waals surface area contributed by atoms with E-state index in [1.54, 1.807) is 12.3 Å². The molecule has 0 radical (unpaired) electrons. The fraction of sp³-hybridized carbons (Fsp3) is 0.174. The van der Waals surface area contributed by atoms with Gasteiger partial charge in [-0.1, -0.05) is 48.5 Å². The van der Waals surface area contributed by atoms with Gasteiger partial charge < -0.3 is 15.0 Å². The van der Waals surface area contributed by atoms with Crippen molar-refractivity contribution in [3.05, 3.63) is 78.0 Å². The number of nitrogens with one attached hydrogen (secondary N) is 2. The summed E-state index contributed by atoms with van der Waals surface area (Å²) < 4.78 is 5.27. The number of esters is 1. The average Bonchev–Trinajstić information content (AvgIpc) is 3.16. The Balaban J connectivity index is 1.56. The third-order valence-electron chi connectivity index (χ3n) is 4.46. The van der Waals surface area contributed by atoms with Crippen molar-refractivity contribution in [1.29, 1.82) is 0 Å². The highest BCUT2D eigenvalue weighted by Crippen LogP contribution is 2.20. The van der Waals surface area contributed by atoms with Crippen LogP contribution in [-0.4, -0.2) is 34.8 Å². The van der Waals surface area contributed by atoms with E-state index in [2.05, 4.69) is 10.3 Å². The van der Waals surface area contributed by atoms with Gasteiger partial charge in [0.25, 0.3) is 0 Å². The standard InChI is InChI=1S/C23H22N2O4/c1-15(25-21(26)13-12-17-8-4-3-5-9-17)23(28)29-16(2)22(27)19-14-24-20-11-7-6-10-18(19)20/h3-16,24H,1-2H3,(H,25,26)/b13-12+/t15-,16-/m0/s1. The Labute approximate surface area is 168 Å². The number of benzene rings is 2. The molecule has 0 bridgehead atoms. The fourth-order valence-corrected chi connectivity index (χ4v) is 2.88. The number of aromatic amines is 1. The van der Waals surface area contributed by atoms with Crippen molar-refractivity contribution < 1.29 is 19.1 Å². The topological polar surface area (TPSA) is 88.3 Å². The molecule has 29 heavy (non-hydrogen) atoms. The van der Waals surface area contributed by atoms with Crippen molar-refractivity contribution in [2.75, 3.05) is 0 Å². The predicted molar refractivity (Wildman–Crippen MR) is 111 cm³/mol. The first kappa shape index (κ1) is 20.1. The van der Waals surface area contributed by atoms with Crippen LogP contribution in [0, 0.1) is 0 Å². The molecule has 0 saturated carbocycles. The monoisotopic (exact) mass is 390 g/mol. The molecule has 1 heterocycles. The Morgan fingerprint density at radius 3 is 2.45 bits per heavy atom. The van der Waals surface area contributed by atoms with Crippen molar-refractivity contribution in [2.24, 2.45) is 0 Å². The molecule has 0 aliphatic rings. The normalized spacial score (nSPS) is 13.2. The van der Waals surface area contributed by atoms with Gasteiger partial charge in [0.15, 0.2) is 6.10 Å². The molecular formula is C23H22N2O4. The number of hydrogen-bond donors (Lipinski definition) is 2. The van der Waals surface area contributed by atoms with Gasteiger partial charge >= 0.3 is 5.97 Å². The summed E-state index contributed by atoms with van der Waals surface area (Å²) in [6, 6.07) is 15.8. The van der Waals surface area contributed by atoms with E-state index in [4.69, 9.17) is 4.74 Å². The van der Waals surface area contributed by atoms with E-state index in [0.29, 0.717) is 5.56 Å². The largest absolute Gasteiger partial charge is 0.453 e. The Morgan fingerprint density at radius 2 is 1.69 bits per heavy atom. The molecule has 0 spiro atoms. The van der Waals surface area contributed by atoms with Gasteiger partial charge in [-0.25, -0.2) is 4.79 Å². The number of fused-ring (bicyclic) bond motifs is 1. The highest BCUT2D eigenvalue weighted by atomic mass is 16.5. The van der Waals surface area contributed by atoms with Gasteiger partial charge in [-0.2, -0.15) is 0 Å². The summed E-state index contributed by atoms with van der Waals surface area (Å²) in [5.41, 5.74) is 2.17. The van der Waals surface area contributed by atoms with Gasteiger partial charge in [0, 0.05) is 28.7 Å². The molecule has 3 rings (SSSR count). The molecule has 3 aromatic rings. The lowest BCUT2D eigenvalue weighted by Gasteiger charge is -2.16.